The fourth-order valence-corrected chi connectivity index (χ4v) is 5.28. The van der Waals surface area contributed by atoms with E-state index >= 15 is 0 Å². The first-order valence-electron chi connectivity index (χ1n) is 11.0. The van der Waals surface area contributed by atoms with Crippen LogP contribution in [0.5, 0.6) is 11.5 Å². The lowest BCUT2D eigenvalue weighted by Crippen LogP contribution is -2.37. The van der Waals surface area contributed by atoms with Crippen LogP contribution in [-0.2, 0) is 11.3 Å². The van der Waals surface area contributed by atoms with Gasteiger partial charge in [-0.05, 0) is 43.0 Å². The van der Waals surface area contributed by atoms with E-state index in [1.165, 1.54) is 11.8 Å². The second kappa shape index (κ2) is 9.26. The summed E-state index contributed by atoms with van der Waals surface area (Å²) in [6.07, 6.45) is 4.74. The second-order valence-corrected chi connectivity index (χ2v) is 9.68. The molecule has 0 unspecified atom stereocenters. The van der Waals surface area contributed by atoms with E-state index in [4.69, 9.17) is 31.8 Å². The van der Waals surface area contributed by atoms with Gasteiger partial charge in [0.2, 0.25) is 5.91 Å². The monoisotopic (exact) mass is 488 g/mol. The van der Waals surface area contributed by atoms with Gasteiger partial charge in [-0.3, -0.25) is 4.79 Å². The smallest absolute Gasteiger partial charge is 0.219 e. The highest BCUT2D eigenvalue weighted by molar-refractivity contribution is 7.99. The Hall–Kier alpha value is -2.72. The van der Waals surface area contributed by atoms with E-state index in [0.717, 1.165) is 43.8 Å². The van der Waals surface area contributed by atoms with Gasteiger partial charge in [-0.2, -0.15) is 0 Å². The van der Waals surface area contributed by atoms with Crippen LogP contribution < -0.4 is 15.2 Å². The molecule has 4 aliphatic heterocycles. The van der Waals surface area contributed by atoms with Gasteiger partial charge in [0.15, 0.2) is 34.0 Å². The number of piperidine rings is 1. The predicted molar refractivity (Wildman–Crippen MR) is 125 cm³/mol. The number of aryl methyl sites for hydroxylation is 1. The fraction of sp³-hybridized carbons (Fsp3) is 0.455. The molecule has 11 heteroatoms. The summed E-state index contributed by atoms with van der Waals surface area (Å²) in [5.74, 6) is 3.08. The zero-order chi connectivity index (χ0) is 22.9. The maximum absolute atomic E-state index is 11.6. The summed E-state index contributed by atoms with van der Waals surface area (Å²) < 4.78 is 13.3. The van der Waals surface area contributed by atoms with Gasteiger partial charge in [-0.15, -0.1) is 0 Å². The van der Waals surface area contributed by atoms with E-state index in [9.17, 15) is 4.79 Å². The Morgan fingerprint density at radius 2 is 1.94 bits per heavy atom. The third-order valence-corrected chi connectivity index (χ3v) is 7.46. The molecule has 0 atom stereocenters. The summed E-state index contributed by atoms with van der Waals surface area (Å²) in [6.45, 7) is 5.07. The third-order valence-electron chi connectivity index (χ3n) is 6.11. The van der Waals surface area contributed by atoms with Crippen molar-refractivity contribution >= 4 is 35.1 Å². The molecule has 0 spiro atoms. The number of benzene rings is 1. The average molecular weight is 489 g/mol. The molecule has 4 heterocycles. The molecule has 2 N–H and O–H groups in total. The van der Waals surface area contributed by atoms with Crippen LogP contribution >= 0.6 is 23.4 Å². The van der Waals surface area contributed by atoms with E-state index in [1.807, 2.05) is 15.5 Å². The molecule has 1 aromatic rings. The van der Waals surface area contributed by atoms with Crippen LogP contribution in [0.4, 0.5) is 5.82 Å². The summed E-state index contributed by atoms with van der Waals surface area (Å²) in [6, 6.07) is 3.61. The number of imidazole rings is 1. The Kier molecular flexibility index (Phi) is 6.20. The van der Waals surface area contributed by atoms with Crippen molar-refractivity contribution in [1.82, 2.24) is 24.4 Å². The maximum Gasteiger partial charge on any atom is 0.219 e. The average Bonchev–Trinajstić information content (AvgIpc) is 3.24. The molecule has 0 aromatic heterocycles. The summed E-state index contributed by atoms with van der Waals surface area (Å²) in [5, 5.41) is 1.10. The van der Waals surface area contributed by atoms with E-state index < -0.39 is 0 Å². The minimum Gasteiger partial charge on any atom is -0.486 e. The van der Waals surface area contributed by atoms with Gasteiger partial charge < -0.3 is 24.7 Å². The molecule has 0 radical (unpaired) electrons. The first kappa shape index (κ1) is 22.1. The van der Waals surface area contributed by atoms with Crippen molar-refractivity contribution in [2.45, 2.75) is 42.8 Å². The van der Waals surface area contributed by atoms with E-state index in [2.05, 4.69) is 9.97 Å². The lowest BCUT2D eigenvalue weighted by molar-refractivity contribution is -0.130. The van der Waals surface area contributed by atoms with Crippen molar-refractivity contribution in [3.63, 3.8) is 0 Å². The quantitative estimate of drug-likeness (QED) is 0.580. The van der Waals surface area contributed by atoms with Crippen molar-refractivity contribution in [3.05, 3.63) is 23.5 Å². The standard InChI is InChI=1S/C22H25ClN6O3S/c1-13(30)28-5-2-14(3-6-28)4-7-29-12-25-20(24)19-21(29)27-22(26-19)33-18-11-17-16(10-15(18)23)31-8-9-32-17/h10-12,14H,2-9,24H2,1H3. The van der Waals surface area contributed by atoms with E-state index in [-0.39, 0.29) is 5.91 Å². The van der Waals surface area contributed by atoms with Gasteiger partial charge in [0.1, 0.15) is 13.2 Å². The Labute approximate surface area is 201 Å². The number of amides is 1. The van der Waals surface area contributed by atoms with Gasteiger partial charge in [0, 0.05) is 37.5 Å². The number of nitrogens with zero attached hydrogens (tertiary/aromatic N) is 5. The molecule has 0 saturated carbocycles. The highest BCUT2D eigenvalue weighted by Crippen LogP contribution is 2.42. The summed E-state index contributed by atoms with van der Waals surface area (Å²) in [4.78, 5) is 27.9. The Bertz CT molecular complexity index is 1150. The lowest BCUT2D eigenvalue weighted by atomic mass is 9.93. The van der Waals surface area contributed by atoms with Crippen LogP contribution in [0.2, 0.25) is 5.02 Å². The SMILES string of the molecule is CC(=O)N1CCC(CCn2cnc(N)c3nc(Sc4cc5c(cc4Cl)OCCO5)nc2-3)CC1. The number of hydrogen-bond acceptors (Lipinski definition) is 8. The largest absolute Gasteiger partial charge is 0.486 e. The molecule has 4 aliphatic rings. The number of aromatic nitrogens is 4. The van der Waals surface area contributed by atoms with Crippen molar-refractivity contribution in [3.8, 4) is 23.0 Å². The van der Waals surface area contributed by atoms with Crippen LogP contribution in [0.15, 0.2) is 28.5 Å². The molecule has 1 saturated heterocycles. The van der Waals surface area contributed by atoms with Gasteiger partial charge >= 0.3 is 0 Å². The van der Waals surface area contributed by atoms with Gasteiger partial charge in [-0.25, -0.2) is 15.0 Å². The van der Waals surface area contributed by atoms with Crippen molar-refractivity contribution in [2.75, 3.05) is 32.0 Å². The topological polar surface area (TPSA) is 108 Å². The van der Waals surface area contributed by atoms with E-state index in [1.54, 1.807) is 19.3 Å². The number of halogens is 1. The number of nitrogen functional groups attached to an aromatic ring is 1. The van der Waals surface area contributed by atoms with E-state index in [0.29, 0.717) is 58.1 Å². The Balaban J connectivity index is 1.32. The molecule has 1 fully saturated rings. The molecule has 0 aliphatic carbocycles. The summed E-state index contributed by atoms with van der Waals surface area (Å²) >= 11 is 7.81. The number of fused-ring (bicyclic) bond motifs is 2. The molecule has 33 heavy (non-hydrogen) atoms. The molecule has 1 aromatic carbocycles. The zero-order valence-electron chi connectivity index (χ0n) is 18.3. The molecule has 0 bridgehead atoms. The number of carbonyl (C=O) groups excluding carboxylic acids is 1. The number of anilines is 1. The van der Waals surface area contributed by atoms with Gasteiger partial charge in [-0.1, -0.05) is 11.6 Å². The second-order valence-electron chi connectivity index (χ2n) is 8.27. The number of carbonyl (C=O) groups is 1. The number of ether oxygens (including phenoxy) is 2. The Morgan fingerprint density at radius 3 is 2.67 bits per heavy atom. The number of hydrogen-bond donors (Lipinski definition) is 1. The minimum absolute atomic E-state index is 0.155. The van der Waals surface area contributed by atoms with Gasteiger partial charge in [0.05, 0.1) is 11.3 Å². The Morgan fingerprint density at radius 1 is 1.21 bits per heavy atom. The first-order valence-corrected chi connectivity index (χ1v) is 12.2. The molecule has 1 amide bonds. The van der Waals surface area contributed by atoms with Crippen LogP contribution in [0, 0.1) is 5.92 Å². The van der Waals surface area contributed by atoms with Crippen LogP contribution in [0.1, 0.15) is 26.2 Å². The highest BCUT2D eigenvalue weighted by atomic mass is 35.5. The molecule has 9 nitrogen and oxygen atoms in total. The third kappa shape index (κ3) is 4.67. The van der Waals surface area contributed by atoms with Crippen LogP contribution in [-0.4, -0.2) is 56.6 Å². The minimum atomic E-state index is 0.155. The zero-order valence-corrected chi connectivity index (χ0v) is 19.9. The highest BCUT2D eigenvalue weighted by Gasteiger charge is 2.24. The molecule has 174 valence electrons. The van der Waals surface area contributed by atoms with Crippen molar-refractivity contribution < 1.29 is 14.3 Å². The molecule has 5 rings (SSSR count). The summed E-state index contributed by atoms with van der Waals surface area (Å²) in [7, 11) is 0. The van der Waals surface area contributed by atoms with Crippen molar-refractivity contribution in [2.24, 2.45) is 5.92 Å². The maximum atomic E-state index is 11.6. The van der Waals surface area contributed by atoms with Crippen molar-refractivity contribution in [1.29, 1.82) is 0 Å². The fourth-order valence-electron chi connectivity index (χ4n) is 4.22. The predicted octanol–water partition coefficient (Wildman–Crippen LogP) is 3.58. The summed E-state index contributed by atoms with van der Waals surface area (Å²) in [5.41, 5.74) is 6.68. The number of nitrogens with two attached hydrogens (primary N) is 1. The first-order chi connectivity index (χ1) is 16.0. The van der Waals surface area contributed by atoms with Crippen LogP contribution in [0.25, 0.3) is 11.5 Å². The molecular formula is C22H25ClN6O3S. The van der Waals surface area contributed by atoms with Crippen LogP contribution in [0.3, 0.4) is 0 Å². The normalized spacial score (nSPS) is 16.4. The number of likely N-dealkylation sites (tertiary alicyclic amines) is 1. The van der Waals surface area contributed by atoms with Gasteiger partial charge in [0.25, 0.3) is 0 Å². The number of rotatable bonds is 5. The molecular weight excluding hydrogens is 464 g/mol. The lowest BCUT2D eigenvalue weighted by Gasteiger charge is -2.31.